The lowest BCUT2D eigenvalue weighted by atomic mass is 9.72. The first-order valence-electron chi connectivity index (χ1n) is 6.95. The fraction of sp³-hybridized carbons (Fsp3) is 0.714. The molecule has 0 amide bonds. The normalized spacial score (nSPS) is 22.5. The zero-order chi connectivity index (χ0) is 13.3. The summed E-state index contributed by atoms with van der Waals surface area (Å²) in [6.07, 6.45) is 4.35. The highest BCUT2D eigenvalue weighted by Gasteiger charge is 2.43. The second kappa shape index (κ2) is 5.06. The topological polar surface area (TPSA) is 41.5 Å². The number of anilines is 1. The van der Waals surface area contributed by atoms with Gasteiger partial charge in [-0.15, -0.1) is 0 Å². The lowest BCUT2D eigenvalue weighted by Gasteiger charge is -2.52. The summed E-state index contributed by atoms with van der Waals surface area (Å²) < 4.78 is 5.13. The zero-order valence-electron chi connectivity index (χ0n) is 11.8. The molecule has 1 spiro atoms. The number of methoxy groups -OCH3 is 1. The molecule has 3 rings (SSSR count). The van der Waals surface area contributed by atoms with E-state index in [-0.39, 0.29) is 0 Å². The molecule has 3 heterocycles. The Morgan fingerprint density at radius 1 is 1.32 bits per heavy atom. The van der Waals surface area contributed by atoms with Crippen LogP contribution in [-0.4, -0.2) is 55.2 Å². The Balaban J connectivity index is 1.63. The van der Waals surface area contributed by atoms with Crippen LogP contribution in [0.4, 0.5) is 5.95 Å². The van der Waals surface area contributed by atoms with Crippen molar-refractivity contribution in [2.75, 3.05) is 45.2 Å². The quantitative estimate of drug-likeness (QED) is 0.817. The van der Waals surface area contributed by atoms with Crippen molar-refractivity contribution in [2.45, 2.75) is 19.4 Å². The van der Waals surface area contributed by atoms with Gasteiger partial charge < -0.3 is 14.5 Å². The van der Waals surface area contributed by atoms with Gasteiger partial charge in [0.05, 0.1) is 12.3 Å². The number of likely N-dealkylation sites (tertiary alicyclic amines) is 1. The van der Waals surface area contributed by atoms with Gasteiger partial charge in [-0.1, -0.05) is 0 Å². The van der Waals surface area contributed by atoms with E-state index < -0.39 is 0 Å². The second-order valence-corrected chi connectivity index (χ2v) is 5.94. The summed E-state index contributed by atoms with van der Waals surface area (Å²) in [5.74, 6) is 0.858. The lowest BCUT2D eigenvalue weighted by Crippen LogP contribution is -2.58. The SMILES string of the molecule is COCc1ccnc(N2CCC3(CC2)CN(C)C3)n1. The molecule has 2 aliphatic rings. The van der Waals surface area contributed by atoms with Crippen LogP contribution in [0.5, 0.6) is 0 Å². The van der Waals surface area contributed by atoms with Crippen LogP contribution >= 0.6 is 0 Å². The average Bonchev–Trinajstić information content (AvgIpc) is 2.39. The predicted molar refractivity (Wildman–Crippen MR) is 74.1 cm³/mol. The number of ether oxygens (including phenoxy) is 1. The first-order valence-corrected chi connectivity index (χ1v) is 6.95. The summed E-state index contributed by atoms with van der Waals surface area (Å²) in [4.78, 5) is 13.7. The Bertz CT molecular complexity index is 435. The third-order valence-electron chi connectivity index (χ3n) is 4.31. The highest BCUT2D eigenvalue weighted by Crippen LogP contribution is 2.39. The maximum Gasteiger partial charge on any atom is 0.225 e. The van der Waals surface area contributed by atoms with E-state index in [1.165, 1.54) is 25.9 Å². The van der Waals surface area contributed by atoms with Gasteiger partial charge >= 0.3 is 0 Å². The number of aromatic nitrogens is 2. The highest BCUT2D eigenvalue weighted by molar-refractivity contribution is 5.31. The number of hydrogen-bond donors (Lipinski definition) is 0. The molecule has 0 bridgehead atoms. The smallest absolute Gasteiger partial charge is 0.225 e. The van der Waals surface area contributed by atoms with Gasteiger partial charge in [-0.25, -0.2) is 9.97 Å². The van der Waals surface area contributed by atoms with Crippen molar-refractivity contribution in [3.63, 3.8) is 0 Å². The van der Waals surface area contributed by atoms with E-state index in [1.807, 2.05) is 12.3 Å². The van der Waals surface area contributed by atoms with E-state index in [0.29, 0.717) is 12.0 Å². The van der Waals surface area contributed by atoms with Gasteiger partial charge in [0, 0.05) is 39.5 Å². The van der Waals surface area contributed by atoms with Crippen LogP contribution in [0.15, 0.2) is 12.3 Å². The first kappa shape index (κ1) is 12.8. The largest absolute Gasteiger partial charge is 0.378 e. The highest BCUT2D eigenvalue weighted by atomic mass is 16.5. The predicted octanol–water partition coefficient (Wildman–Crippen LogP) is 1.16. The molecule has 19 heavy (non-hydrogen) atoms. The van der Waals surface area contributed by atoms with E-state index in [0.717, 1.165) is 24.7 Å². The van der Waals surface area contributed by atoms with Crippen molar-refractivity contribution in [2.24, 2.45) is 5.41 Å². The molecular formula is C14H22N4O. The Morgan fingerprint density at radius 2 is 2.05 bits per heavy atom. The number of nitrogens with zero attached hydrogens (tertiary/aromatic N) is 4. The van der Waals surface area contributed by atoms with Crippen LogP contribution in [0, 0.1) is 5.41 Å². The molecule has 2 fully saturated rings. The molecule has 2 aliphatic heterocycles. The van der Waals surface area contributed by atoms with Crippen LogP contribution in [0.25, 0.3) is 0 Å². The van der Waals surface area contributed by atoms with Gasteiger partial charge in [0.2, 0.25) is 5.95 Å². The summed E-state index contributed by atoms with van der Waals surface area (Å²) in [6, 6.07) is 1.92. The monoisotopic (exact) mass is 262 g/mol. The molecule has 1 aromatic heterocycles. The molecule has 0 radical (unpaired) electrons. The molecule has 0 aromatic carbocycles. The van der Waals surface area contributed by atoms with E-state index in [9.17, 15) is 0 Å². The van der Waals surface area contributed by atoms with E-state index in [4.69, 9.17) is 4.74 Å². The molecule has 0 unspecified atom stereocenters. The minimum atomic E-state index is 0.554. The Hall–Kier alpha value is -1.20. The van der Waals surface area contributed by atoms with Crippen molar-refractivity contribution in [1.82, 2.24) is 14.9 Å². The third kappa shape index (κ3) is 2.58. The fourth-order valence-corrected chi connectivity index (χ4v) is 3.36. The number of hydrogen-bond acceptors (Lipinski definition) is 5. The summed E-state index contributed by atoms with van der Waals surface area (Å²) in [5, 5.41) is 0. The number of rotatable bonds is 3. The van der Waals surface area contributed by atoms with Crippen molar-refractivity contribution in [1.29, 1.82) is 0 Å². The molecule has 5 nitrogen and oxygen atoms in total. The Morgan fingerprint density at radius 3 is 2.68 bits per heavy atom. The summed E-state index contributed by atoms with van der Waals surface area (Å²) in [6.45, 7) is 5.21. The van der Waals surface area contributed by atoms with Crippen LogP contribution in [0.1, 0.15) is 18.5 Å². The minimum Gasteiger partial charge on any atom is -0.378 e. The van der Waals surface area contributed by atoms with E-state index in [2.05, 4.69) is 26.8 Å². The standard InChI is InChI=1S/C14H22N4O/c1-17-10-14(11-17)4-7-18(8-5-14)13-15-6-3-12(16-13)9-19-2/h3,6H,4-5,7-11H2,1-2H3. The Kier molecular flexibility index (Phi) is 3.41. The van der Waals surface area contributed by atoms with Gasteiger partial charge in [-0.2, -0.15) is 0 Å². The van der Waals surface area contributed by atoms with Crippen molar-refractivity contribution in [3.05, 3.63) is 18.0 Å². The summed E-state index contributed by atoms with van der Waals surface area (Å²) in [5.41, 5.74) is 1.53. The van der Waals surface area contributed by atoms with Crippen LogP contribution in [0.3, 0.4) is 0 Å². The molecule has 1 aromatic rings. The van der Waals surface area contributed by atoms with Crippen LogP contribution in [0.2, 0.25) is 0 Å². The average molecular weight is 262 g/mol. The molecular weight excluding hydrogens is 240 g/mol. The number of piperidine rings is 1. The van der Waals surface area contributed by atoms with Gasteiger partial charge in [-0.05, 0) is 31.4 Å². The molecule has 0 saturated carbocycles. The lowest BCUT2D eigenvalue weighted by molar-refractivity contribution is 0.00109. The van der Waals surface area contributed by atoms with Crippen molar-refractivity contribution >= 4 is 5.95 Å². The van der Waals surface area contributed by atoms with E-state index in [1.54, 1.807) is 7.11 Å². The van der Waals surface area contributed by atoms with Crippen molar-refractivity contribution in [3.8, 4) is 0 Å². The maximum atomic E-state index is 5.13. The summed E-state index contributed by atoms with van der Waals surface area (Å²) >= 11 is 0. The van der Waals surface area contributed by atoms with Crippen LogP contribution < -0.4 is 4.90 Å². The molecule has 0 N–H and O–H groups in total. The molecule has 0 atom stereocenters. The zero-order valence-corrected chi connectivity index (χ0v) is 11.8. The van der Waals surface area contributed by atoms with Gasteiger partial charge in [0.15, 0.2) is 0 Å². The fourth-order valence-electron chi connectivity index (χ4n) is 3.36. The maximum absolute atomic E-state index is 5.13. The van der Waals surface area contributed by atoms with Gasteiger partial charge in [0.25, 0.3) is 0 Å². The molecule has 0 aliphatic carbocycles. The van der Waals surface area contributed by atoms with Crippen LogP contribution in [-0.2, 0) is 11.3 Å². The molecule has 5 heteroatoms. The first-order chi connectivity index (χ1) is 9.21. The van der Waals surface area contributed by atoms with Gasteiger partial charge in [0.1, 0.15) is 0 Å². The molecule has 104 valence electrons. The summed E-state index contributed by atoms with van der Waals surface area (Å²) in [7, 11) is 3.90. The minimum absolute atomic E-state index is 0.554. The van der Waals surface area contributed by atoms with Crippen molar-refractivity contribution < 1.29 is 4.74 Å². The second-order valence-electron chi connectivity index (χ2n) is 5.94. The van der Waals surface area contributed by atoms with Gasteiger partial charge in [-0.3, -0.25) is 0 Å². The van der Waals surface area contributed by atoms with E-state index >= 15 is 0 Å². The third-order valence-corrected chi connectivity index (χ3v) is 4.31. The Labute approximate surface area is 114 Å². The molecule has 2 saturated heterocycles.